The third-order valence-corrected chi connectivity index (χ3v) is 2.95. The molecule has 1 aromatic heterocycles. The van der Waals surface area contributed by atoms with Crippen LogP contribution in [-0.2, 0) is 11.3 Å². The summed E-state index contributed by atoms with van der Waals surface area (Å²) in [6.07, 6.45) is 3.34. The third-order valence-electron chi connectivity index (χ3n) is 2.95. The van der Waals surface area contributed by atoms with Gasteiger partial charge >= 0.3 is 0 Å². The molecule has 1 heterocycles. The van der Waals surface area contributed by atoms with Crippen LogP contribution in [0.15, 0.2) is 36.7 Å². The minimum absolute atomic E-state index is 0.232. The molecule has 0 aliphatic heterocycles. The lowest BCUT2D eigenvalue weighted by molar-refractivity contribution is -0.134. The molecular weight excluding hydrogens is 270 g/mol. The molecule has 0 saturated carbocycles. The van der Waals surface area contributed by atoms with E-state index in [1.807, 2.05) is 12.1 Å². The molecule has 21 heavy (non-hydrogen) atoms. The molecule has 2 rings (SSSR count). The van der Waals surface area contributed by atoms with Crippen LogP contribution in [0.3, 0.4) is 0 Å². The van der Waals surface area contributed by atoms with Gasteiger partial charge in [0.2, 0.25) is 0 Å². The van der Waals surface area contributed by atoms with Crippen LogP contribution in [0.25, 0.3) is 0 Å². The van der Waals surface area contributed by atoms with E-state index in [4.69, 9.17) is 9.47 Å². The molecule has 1 amide bonds. The van der Waals surface area contributed by atoms with Crippen molar-refractivity contribution in [2.24, 2.45) is 0 Å². The fraction of sp³-hybridized carbons (Fsp3) is 0.333. The Labute approximate surface area is 123 Å². The molecule has 0 saturated heterocycles. The smallest absolute Gasteiger partial charge is 0.263 e. The van der Waals surface area contributed by atoms with E-state index in [9.17, 15) is 4.79 Å². The van der Waals surface area contributed by atoms with Gasteiger partial charge in [0.1, 0.15) is 5.82 Å². The Morgan fingerprint density at radius 2 is 2.05 bits per heavy atom. The highest BCUT2D eigenvalue weighted by Gasteiger charge is 2.30. The highest BCUT2D eigenvalue weighted by atomic mass is 16.5. The molecular formula is C15H19N3O3. The van der Waals surface area contributed by atoms with Gasteiger partial charge in [-0.05, 0) is 26.0 Å². The van der Waals surface area contributed by atoms with Gasteiger partial charge in [0.15, 0.2) is 17.1 Å². The zero-order valence-electron chi connectivity index (χ0n) is 12.3. The number of ether oxygens (including phenoxy) is 2. The second kappa shape index (κ2) is 6.30. The SMILES string of the molecule is COc1ccccc1OC(C)(C)C(=O)NCc1ncc[nH]1. The van der Waals surface area contributed by atoms with E-state index in [0.717, 1.165) is 0 Å². The van der Waals surface area contributed by atoms with Gasteiger partial charge in [-0.3, -0.25) is 4.79 Å². The molecule has 0 bridgehead atoms. The zero-order chi connectivity index (χ0) is 15.3. The lowest BCUT2D eigenvalue weighted by Crippen LogP contribution is -2.46. The van der Waals surface area contributed by atoms with Crippen molar-refractivity contribution in [3.05, 3.63) is 42.5 Å². The molecule has 2 aromatic rings. The third kappa shape index (κ3) is 3.75. The van der Waals surface area contributed by atoms with E-state index in [1.54, 1.807) is 45.5 Å². The van der Waals surface area contributed by atoms with Gasteiger partial charge < -0.3 is 19.8 Å². The number of benzene rings is 1. The lowest BCUT2D eigenvalue weighted by Gasteiger charge is -2.26. The first-order valence-electron chi connectivity index (χ1n) is 6.61. The molecule has 112 valence electrons. The van der Waals surface area contributed by atoms with Gasteiger partial charge in [-0.15, -0.1) is 0 Å². The van der Waals surface area contributed by atoms with Gasteiger partial charge in [-0.1, -0.05) is 12.1 Å². The predicted octanol–water partition coefficient (Wildman–Crippen LogP) is 1.89. The van der Waals surface area contributed by atoms with Gasteiger partial charge in [0.25, 0.3) is 5.91 Å². The molecule has 0 aliphatic rings. The minimum atomic E-state index is -1.03. The molecule has 2 N–H and O–H groups in total. The van der Waals surface area contributed by atoms with Crippen LogP contribution in [0.2, 0.25) is 0 Å². The van der Waals surface area contributed by atoms with Crippen molar-refractivity contribution in [3.8, 4) is 11.5 Å². The Hall–Kier alpha value is -2.50. The molecule has 1 aromatic carbocycles. The number of aromatic nitrogens is 2. The molecule has 0 radical (unpaired) electrons. The van der Waals surface area contributed by atoms with Gasteiger partial charge in [-0.25, -0.2) is 4.98 Å². The van der Waals surface area contributed by atoms with Crippen LogP contribution in [0, 0.1) is 0 Å². The average molecular weight is 289 g/mol. The van der Waals surface area contributed by atoms with Crippen molar-refractivity contribution in [1.82, 2.24) is 15.3 Å². The van der Waals surface area contributed by atoms with Crippen LogP contribution < -0.4 is 14.8 Å². The van der Waals surface area contributed by atoms with E-state index in [2.05, 4.69) is 15.3 Å². The number of nitrogens with one attached hydrogen (secondary N) is 2. The number of methoxy groups -OCH3 is 1. The van der Waals surface area contributed by atoms with Crippen molar-refractivity contribution >= 4 is 5.91 Å². The Balaban J connectivity index is 2.01. The van der Waals surface area contributed by atoms with Gasteiger partial charge in [0.05, 0.1) is 13.7 Å². The van der Waals surface area contributed by atoms with Crippen molar-refractivity contribution in [3.63, 3.8) is 0 Å². The monoisotopic (exact) mass is 289 g/mol. The van der Waals surface area contributed by atoms with E-state index in [1.165, 1.54) is 0 Å². The number of amides is 1. The topological polar surface area (TPSA) is 76.2 Å². The molecule has 0 aliphatic carbocycles. The molecule has 0 fully saturated rings. The highest BCUT2D eigenvalue weighted by Crippen LogP contribution is 2.29. The zero-order valence-corrected chi connectivity index (χ0v) is 12.3. The number of H-pyrrole nitrogens is 1. The maximum absolute atomic E-state index is 12.2. The fourth-order valence-corrected chi connectivity index (χ4v) is 1.80. The van der Waals surface area contributed by atoms with E-state index in [0.29, 0.717) is 23.9 Å². The van der Waals surface area contributed by atoms with Crippen LogP contribution >= 0.6 is 0 Å². The quantitative estimate of drug-likeness (QED) is 0.851. The maximum Gasteiger partial charge on any atom is 0.263 e. The van der Waals surface area contributed by atoms with Crippen LogP contribution in [0.5, 0.6) is 11.5 Å². The number of nitrogens with zero attached hydrogens (tertiary/aromatic N) is 1. The Kier molecular flexibility index (Phi) is 4.47. The van der Waals surface area contributed by atoms with Crippen molar-refractivity contribution in [2.75, 3.05) is 7.11 Å². The number of rotatable bonds is 6. The second-order valence-corrected chi connectivity index (χ2v) is 4.98. The summed E-state index contributed by atoms with van der Waals surface area (Å²) in [7, 11) is 1.56. The Morgan fingerprint density at radius 1 is 1.33 bits per heavy atom. The van der Waals surface area contributed by atoms with Crippen LogP contribution in [0.1, 0.15) is 19.7 Å². The highest BCUT2D eigenvalue weighted by molar-refractivity contribution is 5.84. The summed E-state index contributed by atoms with van der Waals surface area (Å²) in [5, 5.41) is 2.78. The molecule has 6 nitrogen and oxygen atoms in total. The molecule has 6 heteroatoms. The molecule has 0 unspecified atom stereocenters. The first kappa shape index (κ1) is 14.9. The summed E-state index contributed by atoms with van der Waals surface area (Å²) in [5.74, 6) is 1.57. The maximum atomic E-state index is 12.2. The summed E-state index contributed by atoms with van der Waals surface area (Å²) < 4.78 is 11.0. The summed E-state index contributed by atoms with van der Waals surface area (Å²) in [6, 6.07) is 7.22. The fourth-order valence-electron chi connectivity index (χ4n) is 1.80. The normalized spacial score (nSPS) is 11.0. The molecule has 0 atom stereocenters. The van der Waals surface area contributed by atoms with E-state index in [-0.39, 0.29) is 5.91 Å². The number of hydrogen-bond donors (Lipinski definition) is 2. The standard InChI is InChI=1S/C15H19N3O3/c1-15(2,14(19)18-10-13-16-8-9-17-13)21-12-7-5-4-6-11(12)20-3/h4-9H,10H2,1-3H3,(H,16,17)(H,18,19). The lowest BCUT2D eigenvalue weighted by atomic mass is 10.1. The summed E-state index contributed by atoms with van der Waals surface area (Å²) in [6.45, 7) is 3.73. The number of aromatic amines is 1. The Morgan fingerprint density at radius 3 is 2.67 bits per heavy atom. The largest absolute Gasteiger partial charge is 0.493 e. The Bertz CT molecular complexity index is 594. The number of para-hydroxylation sites is 2. The molecule has 0 spiro atoms. The number of carbonyl (C=O) groups excluding carboxylic acids is 1. The first-order chi connectivity index (χ1) is 10.0. The average Bonchev–Trinajstić information content (AvgIpc) is 2.98. The van der Waals surface area contributed by atoms with E-state index >= 15 is 0 Å². The van der Waals surface area contributed by atoms with Crippen molar-refractivity contribution < 1.29 is 14.3 Å². The predicted molar refractivity (Wildman–Crippen MR) is 78.1 cm³/mol. The van der Waals surface area contributed by atoms with Crippen molar-refractivity contribution in [2.45, 2.75) is 26.0 Å². The number of carbonyl (C=O) groups is 1. The number of imidazole rings is 1. The summed E-state index contributed by atoms with van der Waals surface area (Å²) in [5.41, 5.74) is -1.03. The van der Waals surface area contributed by atoms with Crippen LogP contribution in [-0.4, -0.2) is 28.6 Å². The van der Waals surface area contributed by atoms with E-state index < -0.39 is 5.60 Å². The minimum Gasteiger partial charge on any atom is -0.493 e. The number of hydrogen-bond acceptors (Lipinski definition) is 4. The van der Waals surface area contributed by atoms with Gasteiger partial charge in [0, 0.05) is 12.4 Å². The summed E-state index contributed by atoms with van der Waals surface area (Å²) >= 11 is 0. The van der Waals surface area contributed by atoms with Gasteiger partial charge in [-0.2, -0.15) is 0 Å². The van der Waals surface area contributed by atoms with Crippen molar-refractivity contribution in [1.29, 1.82) is 0 Å². The second-order valence-electron chi connectivity index (χ2n) is 4.98. The van der Waals surface area contributed by atoms with Crippen LogP contribution in [0.4, 0.5) is 0 Å². The summed E-state index contributed by atoms with van der Waals surface area (Å²) in [4.78, 5) is 19.2. The first-order valence-corrected chi connectivity index (χ1v) is 6.61.